The van der Waals surface area contributed by atoms with Crippen LogP contribution in [0.15, 0.2) is 24.5 Å². The van der Waals surface area contributed by atoms with Crippen molar-refractivity contribution in [2.75, 3.05) is 5.73 Å². The summed E-state index contributed by atoms with van der Waals surface area (Å²) >= 11 is 5.92. The van der Waals surface area contributed by atoms with E-state index in [1.807, 2.05) is 0 Å². The van der Waals surface area contributed by atoms with Crippen LogP contribution in [0, 0.1) is 10.1 Å². The molecule has 0 saturated carbocycles. The summed E-state index contributed by atoms with van der Waals surface area (Å²) in [4.78, 5) is 14.0. The molecule has 88 valence electrons. The van der Waals surface area contributed by atoms with E-state index in [1.165, 1.54) is 17.1 Å². The first-order valence-corrected chi connectivity index (χ1v) is 5.02. The molecule has 0 fully saturated rings. The standard InChI is InChI=1S/C9H8ClN5O2/c10-7-1-2-9(11)13-8(7)5-14-4-6(3-12-14)15(16)17/h1-4H,5H2,(H2,11,13). The molecule has 0 radical (unpaired) electrons. The molecule has 0 saturated heterocycles. The fraction of sp³-hybridized carbons (Fsp3) is 0.111. The monoisotopic (exact) mass is 253 g/mol. The average Bonchev–Trinajstić information content (AvgIpc) is 2.72. The Balaban J connectivity index is 2.25. The van der Waals surface area contributed by atoms with Gasteiger partial charge in [-0.3, -0.25) is 14.8 Å². The van der Waals surface area contributed by atoms with Gasteiger partial charge >= 0.3 is 5.69 Å². The second-order valence-corrected chi connectivity index (χ2v) is 3.73. The minimum atomic E-state index is -0.516. The van der Waals surface area contributed by atoms with Crippen molar-refractivity contribution in [1.82, 2.24) is 14.8 Å². The summed E-state index contributed by atoms with van der Waals surface area (Å²) in [5.41, 5.74) is 5.97. The van der Waals surface area contributed by atoms with Crippen molar-refractivity contribution >= 4 is 23.1 Å². The maximum absolute atomic E-state index is 10.5. The predicted octanol–water partition coefficient (Wildman–Crippen LogP) is 1.47. The molecule has 0 amide bonds. The number of rotatable bonds is 3. The molecule has 2 heterocycles. The number of pyridine rings is 1. The maximum Gasteiger partial charge on any atom is 0.307 e. The van der Waals surface area contributed by atoms with Gasteiger partial charge < -0.3 is 5.73 Å². The molecule has 0 atom stereocenters. The highest BCUT2D eigenvalue weighted by atomic mass is 35.5. The largest absolute Gasteiger partial charge is 0.384 e. The minimum Gasteiger partial charge on any atom is -0.384 e. The normalized spacial score (nSPS) is 10.4. The van der Waals surface area contributed by atoms with E-state index in [9.17, 15) is 10.1 Å². The molecular weight excluding hydrogens is 246 g/mol. The summed E-state index contributed by atoms with van der Waals surface area (Å²) in [5.74, 6) is 0.339. The van der Waals surface area contributed by atoms with E-state index >= 15 is 0 Å². The van der Waals surface area contributed by atoms with Gasteiger partial charge in [0.15, 0.2) is 0 Å². The second kappa shape index (κ2) is 4.38. The molecule has 2 aromatic rings. The maximum atomic E-state index is 10.5. The number of hydrogen-bond acceptors (Lipinski definition) is 5. The van der Waals surface area contributed by atoms with Crippen molar-refractivity contribution in [2.24, 2.45) is 0 Å². The van der Waals surface area contributed by atoms with Crippen LogP contribution in [0.5, 0.6) is 0 Å². The zero-order valence-corrected chi connectivity index (χ0v) is 9.33. The lowest BCUT2D eigenvalue weighted by molar-refractivity contribution is -0.385. The van der Waals surface area contributed by atoms with Gasteiger partial charge in [0.2, 0.25) is 0 Å². The minimum absolute atomic E-state index is 0.0787. The van der Waals surface area contributed by atoms with Crippen molar-refractivity contribution in [3.05, 3.63) is 45.4 Å². The fourth-order valence-electron chi connectivity index (χ4n) is 1.30. The van der Waals surface area contributed by atoms with Crippen LogP contribution >= 0.6 is 11.6 Å². The number of nitro groups is 1. The molecule has 2 N–H and O–H groups in total. The summed E-state index contributed by atoms with van der Waals surface area (Å²) < 4.78 is 1.38. The van der Waals surface area contributed by atoms with Gasteiger partial charge in [-0.2, -0.15) is 5.10 Å². The van der Waals surface area contributed by atoms with E-state index in [0.29, 0.717) is 16.5 Å². The Kier molecular flexibility index (Phi) is 2.92. The summed E-state index contributed by atoms with van der Waals surface area (Å²) in [7, 11) is 0. The van der Waals surface area contributed by atoms with Gasteiger partial charge in [0.25, 0.3) is 0 Å². The van der Waals surface area contributed by atoms with Crippen molar-refractivity contribution in [3.8, 4) is 0 Å². The summed E-state index contributed by atoms with van der Waals surface area (Å²) in [6, 6.07) is 3.20. The molecule has 0 aliphatic rings. The molecule has 0 bridgehead atoms. The van der Waals surface area contributed by atoms with Gasteiger partial charge in [-0.15, -0.1) is 0 Å². The highest BCUT2D eigenvalue weighted by Crippen LogP contribution is 2.17. The number of aromatic nitrogens is 3. The Morgan fingerprint density at radius 1 is 1.53 bits per heavy atom. The number of anilines is 1. The topological polar surface area (TPSA) is 99.9 Å². The van der Waals surface area contributed by atoms with Crippen LogP contribution in [0.1, 0.15) is 5.69 Å². The SMILES string of the molecule is Nc1ccc(Cl)c(Cn2cc([N+](=O)[O-])cn2)n1. The molecule has 8 heteroatoms. The van der Waals surface area contributed by atoms with E-state index in [2.05, 4.69) is 10.1 Å². The predicted molar refractivity (Wildman–Crippen MR) is 61.6 cm³/mol. The van der Waals surface area contributed by atoms with E-state index in [1.54, 1.807) is 12.1 Å². The van der Waals surface area contributed by atoms with Gasteiger partial charge in [0, 0.05) is 0 Å². The summed E-state index contributed by atoms with van der Waals surface area (Å²) in [6.45, 7) is 0.234. The summed E-state index contributed by atoms with van der Waals surface area (Å²) in [6.07, 6.45) is 2.47. The number of nitrogens with two attached hydrogens (primary N) is 1. The van der Waals surface area contributed by atoms with Crippen LogP contribution in [-0.4, -0.2) is 19.7 Å². The fourth-order valence-corrected chi connectivity index (χ4v) is 1.46. The molecule has 0 aromatic carbocycles. The smallest absolute Gasteiger partial charge is 0.307 e. The first-order chi connectivity index (χ1) is 8.06. The Hall–Kier alpha value is -2.15. The third-order valence-electron chi connectivity index (χ3n) is 2.08. The van der Waals surface area contributed by atoms with Crippen molar-refractivity contribution < 1.29 is 4.92 Å². The lowest BCUT2D eigenvalue weighted by Crippen LogP contribution is -2.04. The molecule has 0 aliphatic heterocycles. The lowest BCUT2D eigenvalue weighted by Gasteiger charge is -2.03. The summed E-state index contributed by atoms with van der Waals surface area (Å²) in [5, 5.41) is 14.8. The number of nitrogens with zero attached hydrogens (tertiary/aromatic N) is 4. The highest BCUT2D eigenvalue weighted by molar-refractivity contribution is 6.31. The lowest BCUT2D eigenvalue weighted by atomic mass is 10.3. The van der Waals surface area contributed by atoms with Gasteiger partial charge in [0.1, 0.15) is 18.2 Å². The molecule has 0 unspecified atom stereocenters. The molecular formula is C9H8ClN5O2. The van der Waals surface area contributed by atoms with Crippen molar-refractivity contribution in [2.45, 2.75) is 6.54 Å². The van der Waals surface area contributed by atoms with E-state index in [0.717, 1.165) is 0 Å². The second-order valence-electron chi connectivity index (χ2n) is 3.32. The van der Waals surface area contributed by atoms with Crippen LogP contribution in [0.25, 0.3) is 0 Å². The number of nitrogen functional groups attached to an aromatic ring is 1. The van der Waals surface area contributed by atoms with Crippen LogP contribution in [0.4, 0.5) is 11.5 Å². The first-order valence-electron chi connectivity index (χ1n) is 4.64. The van der Waals surface area contributed by atoms with Crippen LogP contribution in [0.3, 0.4) is 0 Å². The van der Waals surface area contributed by atoms with Crippen LogP contribution in [-0.2, 0) is 6.54 Å². The molecule has 0 spiro atoms. The Morgan fingerprint density at radius 3 is 2.94 bits per heavy atom. The van der Waals surface area contributed by atoms with Crippen LogP contribution in [0.2, 0.25) is 5.02 Å². The van der Waals surface area contributed by atoms with Gasteiger partial charge in [0.05, 0.1) is 22.2 Å². The van der Waals surface area contributed by atoms with Crippen molar-refractivity contribution in [3.63, 3.8) is 0 Å². The Labute approximate surface area is 101 Å². The quantitative estimate of drug-likeness (QED) is 0.659. The van der Waals surface area contributed by atoms with Crippen LogP contribution < -0.4 is 5.73 Å². The van der Waals surface area contributed by atoms with Crippen molar-refractivity contribution in [1.29, 1.82) is 0 Å². The van der Waals surface area contributed by atoms with E-state index in [-0.39, 0.29) is 12.2 Å². The molecule has 17 heavy (non-hydrogen) atoms. The number of hydrogen-bond donors (Lipinski definition) is 1. The molecule has 2 rings (SSSR count). The zero-order valence-electron chi connectivity index (χ0n) is 8.58. The Morgan fingerprint density at radius 2 is 2.29 bits per heavy atom. The molecule has 0 aliphatic carbocycles. The van der Waals surface area contributed by atoms with Gasteiger partial charge in [-0.25, -0.2) is 4.98 Å². The molecule has 2 aromatic heterocycles. The third-order valence-corrected chi connectivity index (χ3v) is 2.43. The zero-order chi connectivity index (χ0) is 12.4. The Bertz CT molecular complexity index is 568. The van der Waals surface area contributed by atoms with E-state index in [4.69, 9.17) is 17.3 Å². The third kappa shape index (κ3) is 2.51. The van der Waals surface area contributed by atoms with Gasteiger partial charge in [-0.1, -0.05) is 11.6 Å². The first kappa shape index (κ1) is 11.3. The number of halogens is 1. The highest BCUT2D eigenvalue weighted by Gasteiger charge is 2.10. The average molecular weight is 254 g/mol. The van der Waals surface area contributed by atoms with E-state index < -0.39 is 4.92 Å². The van der Waals surface area contributed by atoms with Gasteiger partial charge in [-0.05, 0) is 12.1 Å². The molecule has 7 nitrogen and oxygen atoms in total.